The highest BCUT2D eigenvalue weighted by Gasteiger charge is 2.21. The van der Waals surface area contributed by atoms with Gasteiger partial charge in [-0.15, -0.1) is 12.3 Å². The second-order valence-corrected chi connectivity index (χ2v) is 6.16. The second-order valence-electron chi connectivity index (χ2n) is 4.07. The van der Waals surface area contributed by atoms with Crippen molar-refractivity contribution in [1.82, 2.24) is 4.72 Å². The molecule has 18 heavy (non-hydrogen) atoms. The van der Waals surface area contributed by atoms with Crippen LogP contribution < -0.4 is 10.5 Å². The first-order valence-corrected chi connectivity index (χ1v) is 7.15. The fraction of sp³-hybridized carbons (Fsp3) is 0.333. The first-order chi connectivity index (χ1) is 8.27. The minimum atomic E-state index is -3.71. The van der Waals surface area contributed by atoms with E-state index in [1.165, 1.54) is 12.1 Å². The molecule has 0 aromatic heterocycles. The third-order valence-electron chi connectivity index (χ3n) is 2.39. The summed E-state index contributed by atoms with van der Waals surface area (Å²) in [5, 5.41) is 0.141. The predicted octanol–water partition coefficient (Wildman–Crippen LogP) is 1.92. The Bertz CT molecular complexity index is 591. The summed E-state index contributed by atoms with van der Waals surface area (Å²) in [4.78, 5) is -0.0314. The number of benzene rings is 1. The summed E-state index contributed by atoms with van der Waals surface area (Å²) in [5.74, 6) is 2.39. The maximum atomic E-state index is 12.1. The van der Waals surface area contributed by atoms with Crippen LogP contribution in [0.5, 0.6) is 0 Å². The molecule has 1 aromatic carbocycles. The summed E-state index contributed by atoms with van der Waals surface area (Å²) >= 11 is 5.93. The highest BCUT2D eigenvalue weighted by Crippen LogP contribution is 2.26. The van der Waals surface area contributed by atoms with E-state index in [1.54, 1.807) is 13.8 Å². The number of halogens is 1. The Labute approximate surface area is 113 Å². The summed E-state index contributed by atoms with van der Waals surface area (Å²) < 4.78 is 26.6. The fourth-order valence-electron chi connectivity index (χ4n) is 1.42. The molecular weight excluding hydrogens is 272 g/mol. The number of anilines is 1. The van der Waals surface area contributed by atoms with Crippen LogP contribution in [0.25, 0.3) is 0 Å². The van der Waals surface area contributed by atoms with Crippen molar-refractivity contribution < 1.29 is 8.42 Å². The predicted molar refractivity (Wildman–Crippen MR) is 73.8 cm³/mol. The van der Waals surface area contributed by atoms with Gasteiger partial charge in [0.25, 0.3) is 0 Å². The largest absolute Gasteiger partial charge is 0.398 e. The van der Waals surface area contributed by atoms with Crippen LogP contribution >= 0.6 is 11.6 Å². The van der Waals surface area contributed by atoms with Gasteiger partial charge in [0.2, 0.25) is 10.0 Å². The van der Waals surface area contributed by atoms with Gasteiger partial charge >= 0.3 is 0 Å². The van der Waals surface area contributed by atoms with Gasteiger partial charge in [0.1, 0.15) is 4.90 Å². The molecule has 1 rings (SSSR count). The van der Waals surface area contributed by atoms with Gasteiger partial charge in [-0.2, -0.15) is 0 Å². The molecule has 1 atom stereocenters. The number of sulfonamides is 1. The van der Waals surface area contributed by atoms with Gasteiger partial charge < -0.3 is 5.73 Å². The lowest BCUT2D eigenvalue weighted by Crippen LogP contribution is -2.32. The molecule has 98 valence electrons. The summed E-state index contributed by atoms with van der Waals surface area (Å²) in [6, 6.07) is 2.51. The van der Waals surface area contributed by atoms with Crippen LogP contribution in [-0.2, 0) is 10.0 Å². The average Bonchev–Trinajstić information content (AvgIpc) is 2.22. The molecule has 0 aliphatic rings. The van der Waals surface area contributed by atoms with E-state index >= 15 is 0 Å². The van der Waals surface area contributed by atoms with Gasteiger partial charge in [0.05, 0.1) is 5.02 Å². The van der Waals surface area contributed by atoms with Crippen LogP contribution in [0.15, 0.2) is 17.0 Å². The summed E-state index contributed by atoms with van der Waals surface area (Å²) in [6.45, 7) is 3.44. The molecule has 0 aliphatic carbocycles. The van der Waals surface area contributed by atoms with Crippen LogP contribution in [0, 0.1) is 19.3 Å². The van der Waals surface area contributed by atoms with E-state index in [-0.39, 0.29) is 16.0 Å². The SMILES string of the molecule is C#CCC(C)NS(=O)(=O)c1cc(N)c(C)cc1Cl. The summed E-state index contributed by atoms with van der Waals surface area (Å²) in [5.41, 5.74) is 6.80. The Balaban J connectivity index is 3.14. The Morgan fingerprint density at radius 3 is 2.72 bits per heavy atom. The Morgan fingerprint density at radius 1 is 1.56 bits per heavy atom. The minimum absolute atomic E-state index is 0.0314. The van der Waals surface area contributed by atoms with Crippen molar-refractivity contribution in [3.8, 4) is 12.3 Å². The third kappa shape index (κ3) is 3.39. The smallest absolute Gasteiger partial charge is 0.242 e. The van der Waals surface area contributed by atoms with E-state index in [4.69, 9.17) is 23.8 Å². The van der Waals surface area contributed by atoms with Gasteiger partial charge in [0.15, 0.2) is 0 Å². The van der Waals surface area contributed by atoms with E-state index in [9.17, 15) is 8.42 Å². The van der Waals surface area contributed by atoms with Crippen LogP contribution in [0.3, 0.4) is 0 Å². The lowest BCUT2D eigenvalue weighted by molar-refractivity contribution is 0.564. The van der Waals surface area contributed by atoms with Crippen molar-refractivity contribution in [2.75, 3.05) is 5.73 Å². The molecule has 0 saturated carbocycles. The maximum absolute atomic E-state index is 12.1. The molecule has 0 amide bonds. The number of terminal acetylenes is 1. The van der Waals surface area contributed by atoms with Crippen molar-refractivity contribution in [1.29, 1.82) is 0 Å². The molecule has 3 N–H and O–H groups in total. The van der Waals surface area contributed by atoms with E-state index in [0.29, 0.717) is 12.1 Å². The summed E-state index contributed by atoms with van der Waals surface area (Å²) in [6.07, 6.45) is 5.43. The zero-order valence-electron chi connectivity index (χ0n) is 10.2. The standard InChI is InChI=1S/C12H15ClN2O2S/c1-4-5-9(3)15-18(16,17)12-7-11(14)8(2)6-10(12)13/h1,6-7,9,15H,5,14H2,2-3H3. The number of nitrogens with two attached hydrogens (primary N) is 1. The molecule has 0 bridgehead atoms. The van der Waals surface area contributed by atoms with Gasteiger partial charge in [0, 0.05) is 18.2 Å². The quantitative estimate of drug-likeness (QED) is 0.656. The van der Waals surface area contributed by atoms with E-state index in [1.807, 2.05) is 0 Å². The van der Waals surface area contributed by atoms with Crippen molar-refractivity contribution in [3.63, 3.8) is 0 Å². The number of rotatable bonds is 4. The molecule has 0 radical (unpaired) electrons. The molecular formula is C12H15ClN2O2S. The molecule has 4 nitrogen and oxygen atoms in total. The van der Waals surface area contributed by atoms with E-state index in [0.717, 1.165) is 5.56 Å². The minimum Gasteiger partial charge on any atom is -0.398 e. The number of nitrogen functional groups attached to an aromatic ring is 1. The zero-order chi connectivity index (χ0) is 13.9. The van der Waals surface area contributed by atoms with Crippen LogP contribution in [0.1, 0.15) is 18.9 Å². The Kier molecular flexibility index (Phi) is 4.63. The normalized spacial score (nSPS) is 13.0. The molecule has 6 heteroatoms. The van der Waals surface area contributed by atoms with E-state index in [2.05, 4.69) is 10.6 Å². The molecule has 1 unspecified atom stereocenters. The van der Waals surface area contributed by atoms with Crippen LogP contribution in [0.2, 0.25) is 5.02 Å². The van der Waals surface area contributed by atoms with Crippen molar-refractivity contribution in [2.45, 2.75) is 31.2 Å². The lowest BCUT2D eigenvalue weighted by Gasteiger charge is -2.14. The number of hydrogen-bond donors (Lipinski definition) is 2. The molecule has 0 saturated heterocycles. The van der Waals surface area contributed by atoms with Crippen LogP contribution in [0.4, 0.5) is 5.69 Å². The Hall–Kier alpha value is -1.22. The zero-order valence-corrected chi connectivity index (χ0v) is 11.8. The van der Waals surface area contributed by atoms with Gasteiger partial charge in [-0.1, -0.05) is 11.6 Å². The summed E-state index contributed by atoms with van der Waals surface area (Å²) in [7, 11) is -3.71. The van der Waals surface area contributed by atoms with E-state index < -0.39 is 10.0 Å². The number of aryl methyl sites for hydroxylation is 1. The third-order valence-corrected chi connectivity index (χ3v) is 4.44. The molecule has 0 aliphatic heterocycles. The van der Waals surface area contributed by atoms with Crippen molar-refractivity contribution >= 4 is 27.3 Å². The molecule has 0 heterocycles. The average molecular weight is 287 g/mol. The van der Waals surface area contributed by atoms with Gasteiger partial charge in [-0.05, 0) is 31.5 Å². The Morgan fingerprint density at radius 2 is 2.17 bits per heavy atom. The topological polar surface area (TPSA) is 72.2 Å². The van der Waals surface area contributed by atoms with Crippen molar-refractivity contribution in [2.24, 2.45) is 0 Å². The first kappa shape index (κ1) is 14.8. The molecule has 0 spiro atoms. The lowest BCUT2D eigenvalue weighted by atomic mass is 10.2. The monoisotopic (exact) mass is 286 g/mol. The van der Waals surface area contributed by atoms with Gasteiger partial charge in [-0.3, -0.25) is 0 Å². The highest BCUT2D eigenvalue weighted by atomic mass is 35.5. The number of hydrogen-bond acceptors (Lipinski definition) is 3. The first-order valence-electron chi connectivity index (χ1n) is 5.29. The highest BCUT2D eigenvalue weighted by molar-refractivity contribution is 7.89. The van der Waals surface area contributed by atoms with Gasteiger partial charge in [-0.25, -0.2) is 13.1 Å². The van der Waals surface area contributed by atoms with Crippen LogP contribution in [-0.4, -0.2) is 14.5 Å². The molecule has 1 aromatic rings. The fourth-order valence-corrected chi connectivity index (χ4v) is 3.28. The molecule has 0 fully saturated rings. The second kappa shape index (κ2) is 5.61. The van der Waals surface area contributed by atoms with Crippen molar-refractivity contribution in [3.05, 3.63) is 22.7 Å². The maximum Gasteiger partial charge on any atom is 0.242 e. The number of nitrogens with one attached hydrogen (secondary N) is 1.